The summed E-state index contributed by atoms with van der Waals surface area (Å²) in [6, 6.07) is 14.0. The predicted molar refractivity (Wildman–Crippen MR) is 120 cm³/mol. The number of urea groups is 1. The van der Waals surface area contributed by atoms with E-state index in [1.165, 1.54) is 22.3 Å². The van der Waals surface area contributed by atoms with Gasteiger partial charge in [-0.1, -0.05) is 30.3 Å². The van der Waals surface area contributed by atoms with Crippen LogP contribution in [0.2, 0.25) is 0 Å². The SMILES string of the molecule is O=C1NC(=O)C2(CCN(C(=O)C3CC(=O)N(c4ccc5c(c4)Cc4ccccc4-5)C3)CC2)N1. The summed E-state index contributed by atoms with van der Waals surface area (Å²) in [5.41, 5.74) is 4.88. The number of hydrogen-bond donors (Lipinski definition) is 2. The van der Waals surface area contributed by atoms with E-state index >= 15 is 0 Å². The van der Waals surface area contributed by atoms with Crippen LogP contribution in [0.1, 0.15) is 30.4 Å². The zero-order chi connectivity index (χ0) is 22.7. The maximum Gasteiger partial charge on any atom is 0.322 e. The molecule has 1 aliphatic carbocycles. The number of hydrogen-bond acceptors (Lipinski definition) is 4. The summed E-state index contributed by atoms with van der Waals surface area (Å²) in [6.45, 7) is 1.13. The summed E-state index contributed by atoms with van der Waals surface area (Å²) in [5, 5.41) is 5.00. The van der Waals surface area contributed by atoms with Gasteiger partial charge < -0.3 is 15.1 Å². The van der Waals surface area contributed by atoms with Crippen LogP contribution in [-0.2, 0) is 20.8 Å². The van der Waals surface area contributed by atoms with Crippen LogP contribution in [0.15, 0.2) is 42.5 Å². The van der Waals surface area contributed by atoms with Gasteiger partial charge in [0.05, 0.1) is 5.92 Å². The smallest absolute Gasteiger partial charge is 0.322 e. The van der Waals surface area contributed by atoms with Gasteiger partial charge in [0.25, 0.3) is 5.91 Å². The number of benzene rings is 2. The standard InChI is InChI=1S/C25H24N4O4/c30-21-13-17(22(31)28-9-7-25(8-10-28)23(32)26-24(33)27-25)14-29(21)18-5-6-20-16(12-18)11-15-3-1-2-4-19(15)20/h1-6,12,17H,7-11,13-14H2,(H2,26,27,32,33). The fourth-order valence-corrected chi connectivity index (χ4v) is 5.67. The molecule has 4 aliphatic rings. The Hall–Kier alpha value is -3.68. The van der Waals surface area contributed by atoms with Crippen molar-refractivity contribution in [2.24, 2.45) is 5.92 Å². The number of carbonyl (C=O) groups excluding carboxylic acids is 4. The minimum Gasteiger partial charge on any atom is -0.342 e. The van der Waals surface area contributed by atoms with Crippen LogP contribution >= 0.6 is 0 Å². The summed E-state index contributed by atoms with van der Waals surface area (Å²) in [7, 11) is 0. The lowest BCUT2D eigenvalue weighted by molar-refractivity contribution is -0.139. The monoisotopic (exact) mass is 444 g/mol. The van der Waals surface area contributed by atoms with Gasteiger partial charge >= 0.3 is 6.03 Å². The van der Waals surface area contributed by atoms with Crippen LogP contribution in [0, 0.1) is 5.92 Å². The molecule has 0 saturated carbocycles. The second-order valence-electron chi connectivity index (χ2n) is 9.40. The molecule has 3 saturated heterocycles. The molecule has 5 amide bonds. The Labute approximate surface area is 190 Å². The van der Waals surface area contributed by atoms with Gasteiger partial charge in [0, 0.05) is 31.7 Å². The zero-order valence-electron chi connectivity index (χ0n) is 18.1. The quantitative estimate of drug-likeness (QED) is 0.589. The number of piperidine rings is 1. The van der Waals surface area contributed by atoms with Crippen LogP contribution in [0.3, 0.4) is 0 Å². The molecule has 2 aromatic rings. The number of carbonyl (C=O) groups is 4. The molecule has 8 heteroatoms. The number of nitrogens with zero attached hydrogens (tertiary/aromatic N) is 2. The minimum atomic E-state index is -0.909. The van der Waals surface area contributed by atoms with Crippen molar-refractivity contribution in [1.82, 2.24) is 15.5 Å². The van der Waals surface area contributed by atoms with Crippen LogP contribution < -0.4 is 15.5 Å². The summed E-state index contributed by atoms with van der Waals surface area (Å²) in [6.07, 6.45) is 1.80. The largest absolute Gasteiger partial charge is 0.342 e. The maximum atomic E-state index is 13.2. The van der Waals surface area contributed by atoms with Gasteiger partial charge in [-0.25, -0.2) is 4.79 Å². The molecule has 2 N–H and O–H groups in total. The lowest BCUT2D eigenvalue weighted by Crippen LogP contribution is -2.56. The van der Waals surface area contributed by atoms with Crippen molar-refractivity contribution < 1.29 is 19.2 Å². The number of fused-ring (bicyclic) bond motifs is 3. The Morgan fingerprint density at radius 3 is 2.48 bits per heavy atom. The van der Waals surface area contributed by atoms with Crippen LogP contribution in [0.4, 0.5) is 10.5 Å². The average molecular weight is 444 g/mol. The fourth-order valence-electron chi connectivity index (χ4n) is 5.67. The van der Waals surface area contributed by atoms with Gasteiger partial charge in [-0.05, 0) is 53.6 Å². The highest BCUT2D eigenvalue weighted by molar-refractivity contribution is 6.07. The van der Waals surface area contributed by atoms with Gasteiger partial charge in [0.1, 0.15) is 5.54 Å². The third-order valence-electron chi connectivity index (χ3n) is 7.51. The molecule has 3 fully saturated rings. The summed E-state index contributed by atoms with van der Waals surface area (Å²) in [5.74, 6) is -0.816. The lowest BCUT2D eigenvalue weighted by atomic mass is 9.87. The highest BCUT2D eigenvalue weighted by Gasteiger charge is 2.49. The number of likely N-dealkylation sites (tertiary alicyclic amines) is 1. The first kappa shape index (κ1) is 20.0. The molecule has 33 heavy (non-hydrogen) atoms. The Kier molecular flexibility index (Phi) is 4.33. The molecule has 1 spiro atoms. The molecular weight excluding hydrogens is 420 g/mol. The predicted octanol–water partition coefficient (Wildman–Crippen LogP) is 1.81. The molecule has 1 unspecified atom stereocenters. The van der Waals surface area contributed by atoms with Crippen molar-refractivity contribution in [2.75, 3.05) is 24.5 Å². The van der Waals surface area contributed by atoms with Crippen molar-refractivity contribution >= 4 is 29.4 Å². The van der Waals surface area contributed by atoms with Crippen molar-refractivity contribution in [2.45, 2.75) is 31.2 Å². The van der Waals surface area contributed by atoms with E-state index in [-0.39, 0.29) is 24.1 Å². The second-order valence-corrected chi connectivity index (χ2v) is 9.40. The Balaban J connectivity index is 1.14. The van der Waals surface area contributed by atoms with E-state index in [4.69, 9.17) is 0 Å². The van der Waals surface area contributed by atoms with E-state index in [9.17, 15) is 19.2 Å². The molecule has 1 atom stereocenters. The summed E-state index contributed by atoms with van der Waals surface area (Å²) in [4.78, 5) is 53.1. The van der Waals surface area contributed by atoms with Gasteiger partial charge in [-0.15, -0.1) is 0 Å². The second kappa shape index (κ2) is 7.16. The molecule has 0 bridgehead atoms. The van der Waals surface area contributed by atoms with E-state index in [0.29, 0.717) is 32.5 Å². The zero-order valence-corrected chi connectivity index (χ0v) is 18.1. The molecular formula is C25H24N4O4. The number of nitrogens with one attached hydrogen (secondary N) is 2. The summed E-state index contributed by atoms with van der Waals surface area (Å²) >= 11 is 0. The third-order valence-corrected chi connectivity index (χ3v) is 7.51. The molecule has 3 aliphatic heterocycles. The topological polar surface area (TPSA) is 98.8 Å². The first-order valence-electron chi connectivity index (χ1n) is 11.4. The number of imide groups is 1. The van der Waals surface area contributed by atoms with Gasteiger partial charge in [0.2, 0.25) is 11.8 Å². The maximum absolute atomic E-state index is 13.2. The van der Waals surface area contributed by atoms with Gasteiger partial charge in [-0.3, -0.25) is 19.7 Å². The molecule has 6 rings (SSSR count). The first-order chi connectivity index (χ1) is 15.9. The van der Waals surface area contributed by atoms with E-state index < -0.39 is 17.5 Å². The minimum absolute atomic E-state index is 0.0419. The van der Waals surface area contributed by atoms with E-state index in [2.05, 4.69) is 34.9 Å². The van der Waals surface area contributed by atoms with Crippen LogP contribution in [-0.4, -0.2) is 53.8 Å². The Morgan fingerprint density at radius 1 is 0.970 bits per heavy atom. The molecule has 2 aromatic carbocycles. The third kappa shape index (κ3) is 3.12. The number of rotatable bonds is 2. The first-order valence-corrected chi connectivity index (χ1v) is 11.4. The van der Waals surface area contributed by atoms with Crippen molar-refractivity contribution in [3.05, 3.63) is 53.6 Å². The number of anilines is 1. The van der Waals surface area contributed by atoms with Crippen molar-refractivity contribution in [3.8, 4) is 11.1 Å². The highest BCUT2D eigenvalue weighted by Crippen LogP contribution is 2.39. The molecule has 0 aromatic heterocycles. The lowest BCUT2D eigenvalue weighted by Gasteiger charge is -2.37. The Bertz CT molecular complexity index is 1210. The molecule has 3 heterocycles. The normalized spacial score (nSPS) is 22.9. The Morgan fingerprint density at radius 2 is 1.73 bits per heavy atom. The van der Waals surface area contributed by atoms with E-state index in [1.54, 1.807) is 9.80 Å². The molecule has 168 valence electrons. The highest BCUT2D eigenvalue weighted by atomic mass is 16.2. The van der Waals surface area contributed by atoms with Crippen molar-refractivity contribution in [3.63, 3.8) is 0 Å². The van der Waals surface area contributed by atoms with Gasteiger partial charge in [0.15, 0.2) is 0 Å². The molecule has 8 nitrogen and oxygen atoms in total. The van der Waals surface area contributed by atoms with Crippen LogP contribution in [0.5, 0.6) is 0 Å². The average Bonchev–Trinajstić information content (AvgIpc) is 3.46. The van der Waals surface area contributed by atoms with Crippen molar-refractivity contribution in [1.29, 1.82) is 0 Å². The van der Waals surface area contributed by atoms with Gasteiger partial charge in [-0.2, -0.15) is 0 Å². The molecule has 0 radical (unpaired) electrons. The van der Waals surface area contributed by atoms with E-state index in [1.807, 2.05) is 18.2 Å². The fraction of sp³-hybridized carbons (Fsp3) is 0.360. The number of amides is 5. The summed E-state index contributed by atoms with van der Waals surface area (Å²) < 4.78 is 0. The van der Waals surface area contributed by atoms with E-state index in [0.717, 1.165) is 12.1 Å². The van der Waals surface area contributed by atoms with Crippen LogP contribution in [0.25, 0.3) is 11.1 Å².